The van der Waals surface area contributed by atoms with E-state index in [1.165, 1.54) is 19.3 Å². The van der Waals surface area contributed by atoms with E-state index in [0.717, 1.165) is 21.6 Å². The molecule has 1 atom stereocenters. The van der Waals surface area contributed by atoms with E-state index in [4.69, 9.17) is 0 Å². The summed E-state index contributed by atoms with van der Waals surface area (Å²) >= 11 is 5.08. The van der Waals surface area contributed by atoms with Gasteiger partial charge in [-0.2, -0.15) is 0 Å². The highest BCUT2D eigenvalue weighted by Gasteiger charge is 2.19. The van der Waals surface area contributed by atoms with Crippen LogP contribution >= 0.6 is 27.3 Å². The van der Waals surface area contributed by atoms with Crippen molar-refractivity contribution in [3.05, 3.63) is 20.8 Å². The van der Waals surface area contributed by atoms with Gasteiger partial charge in [0.25, 0.3) is 0 Å². The smallest absolute Gasteiger partial charge is 0.154 e. The van der Waals surface area contributed by atoms with Gasteiger partial charge in [0.05, 0.1) is 9.83 Å². The highest BCUT2D eigenvalue weighted by molar-refractivity contribution is 9.11. The zero-order valence-corrected chi connectivity index (χ0v) is 11.6. The maximum Gasteiger partial charge on any atom is 0.154 e. The minimum absolute atomic E-state index is 0.0865. The number of carbonyl (C=O) groups is 1. The summed E-state index contributed by atoms with van der Waals surface area (Å²) in [5.41, 5.74) is 0. The summed E-state index contributed by atoms with van der Waals surface area (Å²) in [7, 11) is 0. The molecule has 1 N–H and O–H groups in total. The molecule has 0 spiro atoms. The molecule has 2 heterocycles. The molecule has 0 radical (unpaired) electrons. The molecule has 1 aromatic rings. The third kappa shape index (κ3) is 3.40. The van der Waals surface area contributed by atoms with Crippen molar-refractivity contribution in [2.45, 2.75) is 38.1 Å². The summed E-state index contributed by atoms with van der Waals surface area (Å²) < 4.78 is 1.10. The first-order valence-electron chi connectivity index (χ1n) is 5.76. The number of halogens is 1. The predicted octanol–water partition coefficient (Wildman–Crippen LogP) is 3.15. The average molecular weight is 302 g/mol. The Balaban J connectivity index is 1.91. The maximum absolute atomic E-state index is 12.1. The Bertz CT molecular complexity index is 356. The summed E-state index contributed by atoms with van der Waals surface area (Å²) in [6.45, 7) is 0.991. The first kappa shape index (κ1) is 12.3. The molecule has 1 aliphatic rings. The standard InChI is InChI=1S/C12H16BrNOS/c13-12-6-5-9(16-12)8-11(15)10-4-2-1-3-7-14-10/h5-6,10,14H,1-4,7-8H2. The lowest BCUT2D eigenvalue weighted by Crippen LogP contribution is -2.36. The number of hydrogen-bond acceptors (Lipinski definition) is 3. The molecule has 1 aliphatic heterocycles. The second-order valence-corrected chi connectivity index (χ2v) is 6.75. The fraction of sp³-hybridized carbons (Fsp3) is 0.583. The van der Waals surface area contributed by atoms with Crippen molar-refractivity contribution < 1.29 is 4.79 Å². The van der Waals surface area contributed by atoms with E-state index in [1.807, 2.05) is 12.1 Å². The van der Waals surface area contributed by atoms with Crippen molar-refractivity contribution in [1.29, 1.82) is 0 Å². The molecule has 2 nitrogen and oxygen atoms in total. The fourth-order valence-corrected chi connectivity index (χ4v) is 3.54. The van der Waals surface area contributed by atoms with Gasteiger partial charge in [-0.25, -0.2) is 0 Å². The highest BCUT2D eigenvalue weighted by atomic mass is 79.9. The quantitative estimate of drug-likeness (QED) is 0.929. The van der Waals surface area contributed by atoms with Crippen molar-refractivity contribution in [3.8, 4) is 0 Å². The SMILES string of the molecule is O=C(Cc1ccc(Br)s1)C1CCCCCN1. The Morgan fingerprint density at radius 1 is 1.44 bits per heavy atom. The van der Waals surface area contributed by atoms with Crippen LogP contribution < -0.4 is 5.32 Å². The molecule has 16 heavy (non-hydrogen) atoms. The predicted molar refractivity (Wildman–Crippen MR) is 71.0 cm³/mol. The van der Waals surface area contributed by atoms with Gasteiger partial charge in [0.2, 0.25) is 0 Å². The average Bonchev–Trinajstić information content (AvgIpc) is 2.56. The number of thiophene rings is 1. The van der Waals surface area contributed by atoms with Crippen molar-refractivity contribution >= 4 is 33.0 Å². The number of ketones is 1. The van der Waals surface area contributed by atoms with E-state index < -0.39 is 0 Å². The molecule has 0 bridgehead atoms. The molecule has 1 unspecified atom stereocenters. The minimum atomic E-state index is 0.0865. The number of carbonyl (C=O) groups excluding carboxylic acids is 1. The maximum atomic E-state index is 12.1. The van der Waals surface area contributed by atoms with Crippen LogP contribution in [0.15, 0.2) is 15.9 Å². The zero-order valence-electron chi connectivity index (χ0n) is 9.17. The topological polar surface area (TPSA) is 29.1 Å². The van der Waals surface area contributed by atoms with Crippen molar-refractivity contribution in [2.24, 2.45) is 0 Å². The van der Waals surface area contributed by atoms with Gasteiger partial charge >= 0.3 is 0 Å². The number of Topliss-reactive ketones (excluding diaryl/α,β-unsaturated/α-hetero) is 1. The molecule has 2 rings (SSSR count). The van der Waals surface area contributed by atoms with E-state index in [-0.39, 0.29) is 6.04 Å². The molecule has 0 amide bonds. The fourth-order valence-electron chi connectivity index (χ4n) is 2.05. The van der Waals surface area contributed by atoms with Crippen LogP contribution in [0.1, 0.15) is 30.6 Å². The van der Waals surface area contributed by atoms with Gasteiger partial charge in [-0.3, -0.25) is 4.79 Å². The summed E-state index contributed by atoms with van der Waals surface area (Å²) in [4.78, 5) is 13.2. The van der Waals surface area contributed by atoms with Crippen LogP contribution in [0.2, 0.25) is 0 Å². The molecule has 88 valence electrons. The zero-order chi connectivity index (χ0) is 11.4. The van der Waals surface area contributed by atoms with Crippen LogP contribution in [0, 0.1) is 0 Å². The lowest BCUT2D eigenvalue weighted by molar-refractivity contribution is -0.120. The summed E-state index contributed by atoms with van der Waals surface area (Å²) in [6, 6.07) is 4.13. The lowest BCUT2D eigenvalue weighted by Gasteiger charge is -2.13. The molecule has 0 saturated carbocycles. The second kappa shape index (κ2) is 5.94. The molecular formula is C12H16BrNOS. The normalized spacial score (nSPS) is 21.7. The Morgan fingerprint density at radius 2 is 2.31 bits per heavy atom. The van der Waals surface area contributed by atoms with Crippen LogP contribution in [0.25, 0.3) is 0 Å². The lowest BCUT2D eigenvalue weighted by atomic mass is 10.0. The Kier molecular flexibility index (Phi) is 4.55. The van der Waals surface area contributed by atoms with Gasteiger partial charge in [0, 0.05) is 11.3 Å². The van der Waals surface area contributed by atoms with Gasteiger partial charge < -0.3 is 5.32 Å². The van der Waals surface area contributed by atoms with Crippen LogP contribution in [0.4, 0.5) is 0 Å². The number of hydrogen-bond donors (Lipinski definition) is 1. The molecular weight excluding hydrogens is 286 g/mol. The third-order valence-corrected chi connectivity index (χ3v) is 4.55. The van der Waals surface area contributed by atoms with Crippen LogP contribution in [-0.2, 0) is 11.2 Å². The van der Waals surface area contributed by atoms with Gasteiger partial charge in [-0.15, -0.1) is 11.3 Å². The largest absolute Gasteiger partial charge is 0.307 e. The van der Waals surface area contributed by atoms with Crippen LogP contribution in [0.3, 0.4) is 0 Å². The molecule has 4 heteroatoms. The second-order valence-electron chi connectivity index (χ2n) is 4.20. The molecule has 1 saturated heterocycles. The highest BCUT2D eigenvalue weighted by Crippen LogP contribution is 2.23. The van der Waals surface area contributed by atoms with E-state index in [0.29, 0.717) is 12.2 Å². The Labute approximate surface area is 109 Å². The Morgan fingerprint density at radius 3 is 3.06 bits per heavy atom. The van der Waals surface area contributed by atoms with Crippen molar-refractivity contribution in [2.75, 3.05) is 6.54 Å². The number of nitrogens with one attached hydrogen (secondary N) is 1. The van der Waals surface area contributed by atoms with Crippen LogP contribution in [0.5, 0.6) is 0 Å². The molecule has 1 aromatic heterocycles. The summed E-state index contributed by atoms with van der Waals surface area (Å²) in [6.07, 6.45) is 5.21. The Hall–Kier alpha value is -0.190. The first-order chi connectivity index (χ1) is 7.75. The molecule has 0 aromatic carbocycles. The van der Waals surface area contributed by atoms with Crippen molar-refractivity contribution in [1.82, 2.24) is 5.32 Å². The number of rotatable bonds is 3. The van der Waals surface area contributed by atoms with E-state index in [9.17, 15) is 4.79 Å². The van der Waals surface area contributed by atoms with E-state index >= 15 is 0 Å². The molecule has 0 aliphatic carbocycles. The molecule has 1 fully saturated rings. The van der Waals surface area contributed by atoms with Crippen molar-refractivity contribution in [3.63, 3.8) is 0 Å². The van der Waals surface area contributed by atoms with Crippen LogP contribution in [-0.4, -0.2) is 18.4 Å². The van der Waals surface area contributed by atoms with Gasteiger partial charge in [-0.05, 0) is 47.4 Å². The van der Waals surface area contributed by atoms with Gasteiger partial charge in [0.1, 0.15) is 0 Å². The summed E-state index contributed by atoms with van der Waals surface area (Å²) in [5, 5.41) is 3.35. The monoisotopic (exact) mass is 301 g/mol. The summed E-state index contributed by atoms with van der Waals surface area (Å²) in [5.74, 6) is 0.344. The first-order valence-corrected chi connectivity index (χ1v) is 7.37. The van der Waals surface area contributed by atoms with E-state index in [2.05, 4.69) is 21.2 Å². The van der Waals surface area contributed by atoms with Gasteiger partial charge in [0.15, 0.2) is 5.78 Å². The minimum Gasteiger partial charge on any atom is -0.307 e. The third-order valence-electron chi connectivity index (χ3n) is 2.93. The van der Waals surface area contributed by atoms with E-state index in [1.54, 1.807) is 11.3 Å². The van der Waals surface area contributed by atoms with Gasteiger partial charge in [-0.1, -0.05) is 12.8 Å².